The Hall–Kier alpha value is -2.50. The van der Waals surface area contributed by atoms with Gasteiger partial charge in [0.15, 0.2) is 0 Å². The zero-order chi connectivity index (χ0) is 24.0. The summed E-state index contributed by atoms with van der Waals surface area (Å²) < 4.78 is 5.29. The smallest absolute Gasteiger partial charge is 0.328 e. The van der Waals surface area contributed by atoms with Crippen molar-refractivity contribution in [2.45, 2.75) is 91.1 Å². The molecule has 1 amide bonds. The quantitative estimate of drug-likeness (QED) is 0.384. The Bertz CT molecular complexity index is 949. The molecule has 2 N–H and O–H groups in total. The van der Waals surface area contributed by atoms with Crippen LogP contribution in [0.25, 0.3) is 10.9 Å². The van der Waals surface area contributed by atoms with Gasteiger partial charge in [-0.05, 0) is 42.9 Å². The SMILES string of the molecule is CCCCCCCCc1ccc2c3c(c[nH]c13)C[C@H](C(=O)OCC)NC(=O)[C@H](C(C)C)N2C. The van der Waals surface area contributed by atoms with Crippen molar-refractivity contribution in [2.75, 3.05) is 18.6 Å². The van der Waals surface area contributed by atoms with E-state index in [1.165, 1.54) is 44.1 Å². The molecule has 3 rings (SSSR count). The lowest BCUT2D eigenvalue weighted by molar-refractivity contribution is -0.147. The predicted molar refractivity (Wildman–Crippen MR) is 135 cm³/mol. The highest BCUT2D eigenvalue weighted by atomic mass is 16.5. The predicted octanol–water partition coefficient (Wildman–Crippen LogP) is 5.14. The molecule has 182 valence electrons. The van der Waals surface area contributed by atoms with Gasteiger partial charge in [-0.2, -0.15) is 0 Å². The van der Waals surface area contributed by atoms with Crippen molar-refractivity contribution in [3.8, 4) is 0 Å². The fourth-order valence-corrected chi connectivity index (χ4v) is 5.10. The summed E-state index contributed by atoms with van der Waals surface area (Å²) in [5.41, 5.74) is 4.50. The Kier molecular flexibility index (Phi) is 8.81. The number of carbonyl (C=O) groups excluding carboxylic acids is 2. The van der Waals surface area contributed by atoms with Crippen molar-refractivity contribution < 1.29 is 14.3 Å². The molecule has 1 aliphatic rings. The summed E-state index contributed by atoms with van der Waals surface area (Å²) in [6, 6.07) is 3.28. The number of aryl methyl sites for hydroxylation is 1. The minimum absolute atomic E-state index is 0.0798. The van der Waals surface area contributed by atoms with Gasteiger partial charge in [0, 0.05) is 30.7 Å². The standard InChI is InChI=1S/C27H41N3O3/c1-6-8-9-10-11-12-13-19-14-15-22-23-20(17-28-24(19)23)16-21(27(32)33-7-2)29-26(31)25(18(3)4)30(22)5/h14-15,17-18,21,25,28H,6-13,16H2,1-5H3,(H,29,31)/t21-,25+/m1/s1. The second-order valence-corrected chi connectivity index (χ2v) is 9.64. The van der Waals surface area contributed by atoms with E-state index in [-0.39, 0.29) is 23.8 Å². The topological polar surface area (TPSA) is 74.4 Å². The zero-order valence-electron chi connectivity index (χ0n) is 21.0. The summed E-state index contributed by atoms with van der Waals surface area (Å²) in [4.78, 5) is 31.5. The fourth-order valence-electron chi connectivity index (χ4n) is 5.10. The normalized spacial score (nSPS) is 18.7. The van der Waals surface area contributed by atoms with Crippen LogP contribution in [0.2, 0.25) is 0 Å². The number of aromatic amines is 1. The molecule has 0 saturated heterocycles. The first-order valence-electron chi connectivity index (χ1n) is 12.7. The third-order valence-corrected chi connectivity index (χ3v) is 6.79. The van der Waals surface area contributed by atoms with Gasteiger partial charge in [0.1, 0.15) is 12.1 Å². The van der Waals surface area contributed by atoms with Crippen LogP contribution in [0.3, 0.4) is 0 Å². The number of hydrogen-bond acceptors (Lipinski definition) is 4. The molecule has 2 heterocycles. The first-order valence-corrected chi connectivity index (χ1v) is 12.7. The van der Waals surface area contributed by atoms with Crippen molar-refractivity contribution in [2.24, 2.45) is 5.92 Å². The number of likely N-dealkylation sites (N-methyl/N-ethyl adjacent to an activating group) is 1. The number of anilines is 1. The number of ether oxygens (including phenoxy) is 1. The summed E-state index contributed by atoms with van der Waals surface area (Å²) >= 11 is 0. The Balaban J connectivity index is 1.97. The summed E-state index contributed by atoms with van der Waals surface area (Å²) in [7, 11) is 1.98. The van der Waals surface area contributed by atoms with E-state index >= 15 is 0 Å². The van der Waals surface area contributed by atoms with Gasteiger partial charge < -0.3 is 19.9 Å². The summed E-state index contributed by atoms with van der Waals surface area (Å²) in [5.74, 6) is -0.433. The number of carbonyl (C=O) groups is 2. The van der Waals surface area contributed by atoms with Crippen LogP contribution in [0.4, 0.5) is 5.69 Å². The molecule has 1 aliphatic heterocycles. The Morgan fingerprint density at radius 2 is 1.88 bits per heavy atom. The molecular formula is C27H41N3O3. The third-order valence-electron chi connectivity index (χ3n) is 6.79. The van der Waals surface area contributed by atoms with Gasteiger partial charge in [-0.1, -0.05) is 58.9 Å². The Morgan fingerprint density at radius 3 is 2.58 bits per heavy atom. The zero-order valence-corrected chi connectivity index (χ0v) is 21.0. The average molecular weight is 456 g/mol. The number of unbranched alkanes of at least 4 members (excludes halogenated alkanes) is 5. The van der Waals surface area contributed by atoms with Crippen molar-refractivity contribution in [1.82, 2.24) is 10.3 Å². The molecule has 0 saturated carbocycles. The highest BCUT2D eigenvalue weighted by molar-refractivity contribution is 6.01. The van der Waals surface area contributed by atoms with E-state index in [0.29, 0.717) is 13.0 Å². The van der Waals surface area contributed by atoms with Gasteiger partial charge in [0.25, 0.3) is 0 Å². The second-order valence-electron chi connectivity index (χ2n) is 9.64. The average Bonchev–Trinajstić information content (AvgIpc) is 3.20. The Morgan fingerprint density at radius 1 is 1.15 bits per heavy atom. The minimum Gasteiger partial charge on any atom is -0.464 e. The molecule has 0 unspecified atom stereocenters. The highest BCUT2D eigenvalue weighted by Crippen LogP contribution is 2.36. The first-order chi connectivity index (χ1) is 15.9. The monoisotopic (exact) mass is 455 g/mol. The van der Waals surface area contributed by atoms with Gasteiger partial charge in [-0.15, -0.1) is 0 Å². The molecule has 0 radical (unpaired) electrons. The largest absolute Gasteiger partial charge is 0.464 e. The van der Waals surface area contributed by atoms with Gasteiger partial charge in [0.2, 0.25) is 5.91 Å². The molecule has 0 fully saturated rings. The van der Waals surface area contributed by atoms with Crippen molar-refractivity contribution in [3.05, 3.63) is 29.5 Å². The molecule has 0 aliphatic carbocycles. The maximum atomic E-state index is 13.2. The number of hydrogen-bond donors (Lipinski definition) is 2. The van der Waals surface area contributed by atoms with Gasteiger partial charge in [0.05, 0.1) is 12.1 Å². The number of benzene rings is 1. The number of nitrogens with zero attached hydrogens (tertiary/aromatic N) is 1. The lowest BCUT2D eigenvalue weighted by atomic mass is 9.97. The minimum atomic E-state index is -0.695. The van der Waals surface area contributed by atoms with E-state index in [2.05, 4.69) is 34.3 Å². The molecule has 6 heteroatoms. The summed E-state index contributed by atoms with van der Waals surface area (Å²) in [6.45, 7) is 8.41. The molecule has 1 aromatic heterocycles. The second kappa shape index (κ2) is 11.6. The first kappa shape index (κ1) is 25.1. The number of nitrogens with one attached hydrogen (secondary N) is 2. The van der Waals surface area contributed by atoms with Crippen LogP contribution in [0.1, 0.15) is 77.3 Å². The molecule has 1 aromatic carbocycles. The lowest BCUT2D eigenvalue weighted by Gasteiger charge is -2.32. The summed E-state index contributed by atoms with van der Waals surface area (Å²) in [6.07, 6.45) is 11.0. The van der Waals surface area contributed by atoms with Gasteiger partial charge in [-0.25, -0.2) is 4.79 Å². The number of rotatable bonds is 10. The van der Waals surface area contributed by atoms with Crippen LogP contribution >= 0.6 is 0 Å². The maximum Gasteiger partial charge on any atom is 0.328 e. The molecule has 0 spiro atoms. The third kappa shape index (κ3) is 5.71. The molecule has 33 heavy (non-hydrogen) atoms. The Labute approximate surface area is 198 Å². The molecular weight excluding hydrogens is 414 g/mol. The highest BCUT2D eigenvalue weighted by Gasteiger charge is 2.34. The number of amides is 1. The summed E-state index contributed by atoms with van der Waals surface area (Å²) in [5, 5.41) is 4.10. The lowest BCUT2D eigenvalue weighted by Crippen LogP contribution is -2.53. The van der Waals surface area contributed by atoms with E-state index in [4.69, 9.17) is 4.74 Å². The van der Waals surface area contributed by atoms with Crippen LogP contribution < -0.4 is 10.2 Å². The fraction of sp³-hybridized carbons (Fsp3) is 0.630. The molecule has 2 atom stereocenters. The van der Waals surface area contributed by atoms with E-state index in [1.807, 2.05) is 27.1 Å². The van der Waals surface area contributed by atoms with Crippen LogP contribution in [0.15, 0.2) is 18.3 Å². The van der Waals surface area contributed by atoms with Crippen LogP contribution in [0, 0.1) is 5.92 Å². The maximum absolute atomic E-state index is 13.2. The van der Waals surface area contributed by atoms with E-state index in [0.717, 1.165) is 28.6 Å². The van der Waals surface area contributed by atoms with Gasteiger partial charge in [-0.3, -0.25) is 4.79 Å². The van der Waals surface area contributed by atoms with Crippen molar-refractivity contribution in [1.29, 1.82) is 0 Å². The van der Waals surface area contributed by atoms with Gasteiger partial charge >= 0.3 is 5.97 Å². The van der Waals surface area contributed by atoms with Crippen molar-refractivity contribution >= 4 is 28.5 Å². The number of aromatic nitrogens is 1. The van der Waals surface area contributed by atoms with Crippen molar-refractivity contribution in [3.63, 3.8) is 0 Å². The van der Waals surface area contributed by atoms with E-state index in [9.17, 15) is 9.59 Å². The van der Waals surface area contributed by atoms with Crippen LogP contribution in [-0.4, -0.2) is 42.6 Å². The van der Waals surface area contributed by atoms with E-state index in [1.54, 1.807) is 6.92 Å². The number of esters is 1. The molecule has 2 aromatic rings. The molecule has 0 bridgehead atoms. The van der Waals surface area contributed by atoms with Crippen LogP contribution in [0.5, 0.6) is 0 Å². The van der Waals surface area contributed by atoms with E-state index < -0.39 is 6.04 Å². The number of H-pyrrole nitrogens is 1. The molecule has 6 nitrogen and oxygen atoms in total. The van der Waals surface area contributed by atoms with Crippen LogP contribution in [-0.2, 0) is 27.2 Å².